The van der Waals surface area contributed by atoms with Gasteiger partial charge in [0.15, 0.2) is 0 Å². The molecule has 0 aliphatic heterocycles. The molecule has 0 spiro atoms. The van der Waals surface area contributed by atoms with Gasteiger partial charge in [0.1, 0.15) is 0 Å². The SMILES string of the molecule is CCCNC(=O)CN(CC)c1ccccc1N. The lowest BCUT2D eigenvalue weighted by molar-refractivity contribution is -0.119. The number of nitrogens with zero attached hydrogens (tertiary/aromatic N) is 1. The van der Waals surface area contributed by atoms with Gasteiger partial charge in [0.05, 0.1) is 17.9 Å². The van der Waals surface area contributed by atoms with Crippen molar-refractivity contribution >= 4 is 17.3 Å². The van der Waals surface area contributed by atoms with E-state index in [0.29, 0.717) is 12.2 Å². The van der Waals surface area contributed by atoms with E-state index in [9.17, 15) is 4.79 Å². The Morgan fingerprint density at radius 1 is 1.35 bits per heavy atom. The summed E-state index contributed by atoms with van der Waals surface area (Å²) in [7, 11) is 0. The van der Waals surface area contributed by atoms with Crippen LogP contribution in [0.3, 0.4) is 0 Å². The third-order valence-corrected chi connectivity index (χ3v) is 2.57. The van der Waals surface area contributed by atoms with Crippen molar-refractivity contribution in [2.75, 3.05) is 30.3 Å². The Hall–Kier alpha value is -1.71. The number of carbonyl (C=O) groups excluding carboxylic acids is 1. The monoisotopic (exact) mass is 235 g/mol. The zero-order chi connectivity index (χ0) is 12.7. The van der Waals surface area contributed by atoms with Crippen molar-refractivity contribution in [3.63, 3.8) is 0 Å². The Morgan fingerprint density at radius 2 is 2.06 bits per heavy atom. The predicted molar refractivity (Wildman–Crippen MR) is 72.0 cm³/mol. The average Bonchev–Trinajstić information content (AvgIpc) is 2.34. The molecule has 0 fully saturated rings. The molecule has 3 N–H and O–H groups in total. The molecule has 17 heavy (non-hydrogen) atoms. The summed E-state index contributed by atoms with van der Waals surface area (Å²) in [4.78, 5) is 13.6. The van der Waals surface area contributed by atoms with Gasteiger partial charge in [0.2, 0.25) is 5.91 Å². The molecular formula is C13H21N3O. The molecule has 0 saturated carbocycles. The molecule has 4 nitrogen and oxygen atoms in total. The van der Waals surface area contributed by atoms with Gasteiger partial charge in [-0.15, -0.1) is 0 Å². The molecule has 1 aromatic rings. The molecule has 0 saturated heterocycles. The van der Waals surface area contributed by atoms with Gasteiger partial charge in [-0.2, -0.15) is 0 Å². The lowest BCUT2D eigenvalue weighted by Crippen LogP contribution is -2.37. The van der Waals surface area contributed by atoms with Crippen LogP contribution in [-0.4, -0.2) is 25.5 Å². The topological polar surface area (TPSA) is 58.4 Å². The maximum atomic E-state index is 11.7. The summed E-state index contributed by atoms with van der Waals surface area (Å²) in [6.45, 7) is 5.88. The van der Waals surface area contributed by atoms with Crippen LogP contribution in [-0.2, 0) is 4.79 Å². The van der Waals surface area contributed by atoms with Gasteiger partial charge < -0.3 is 16.0 Å². The number of amides is 1. The number of anilines is 2. The molecule has 0 bridgehead atoms. The van der Waals surface area contributed by atoms with Gasteiger partial charge in [-0.05, 0) is 25.5 Å². The summed E-state index contributed by atoms with van der Waals surface area (Å²) in [5, 5.41) is 2.86. The first-order valence-electron chi connectivity index (χ1n) is 6.05. The second-order valence-corrected chi connectivity index (χ2v) is 3.92. The van der Waals surface area contributed by atoms with Gasteiger partial charge in [-0.1, -0.05) is 19.1 Å². The number of carbonyl (C=O) groups is 1. The van der Waals surface area contributed by atoms with E-state index in [1.54, 1.807) is 0 Å². The van der Waals surface area contributed by atoms with Crippen molar-refractivity contribution < 1.29 is 4.79 Å². The van der Waals surface area contributed by atoms with Gasteiger partial charge in [0, 0.05) is 13.1 Å². The van der Waals surface area contributed by atoms with Crippen LogP contribution in [0.5, 0.6) is 0 Å². The number of nitrogens with two attached hydrogens (primary N) is 1. The maximum absolute atomic E-state index is 11.7. The summed E-state index contributed by atoms with van der Waals surface area (Å²) in [5.74, 6) is 0.0388. The Balaban J connectivity index is 2.66. The number of benzene rings is 1. The molecule has 0 aliphatic carbocycles. The largest absolute Gasteiger partial charge is 0.397 e. The van der Waals surface area contributed by atoms with E-state index in [0.717, 1.165) is 25.2 Å². The Bertz CT molecular complexity index is 365. The highest BCUT2D eigenvalue weighted by molar-refractivity contribution is 5.83. The van der Waals surface area contributed by atoms with Crippen molar-refractivity contribution in [1.29, 1.82) is 0 Å². The van der Waals surface area contributed by atoms with Crippen LogP contribution < -0.4 is 16.0 Å². The lowest BCUT2D eigenvalue weighted by atomic mass is 10.2. The molecule has 0 aromatic heterocycles. The number of hydrogen-bond donors (Lipinski definition) is 2. The lowest BCUT2D eigenvalue weighted by Gasteiger charge is -2.23. The number of para-hydroxylation sites is 2. The van der Waals surface area contributed by atoms with E-state index >= 15 is 0 Å². The minimum absolute atomic E-state index is 0.0388. The predicted octanol–water partition coefficient (Wildman–Crippen LogP) is 1.62. The number of rotatable bonds is 6. The van der Waals surface area contributed by atoms with E-state index in [1.165, 1.54) is 0 Å². The molecule has 1 amide bonds. The molecule has 0 atom stereocenters. The van der Waals surface area contributed by atoms with Crippen molar-refractivity contribution in [3.8, 4) is 0 Å². The fraction of sp³-hybridized carbons (Fsp3) is 0.462. The summed E-state index contributed by atoms with van der Waals surface area (Å²) >= 11 is 0. The second-order valence-electron chi connectivity index (χ2n) is 3.92. The van der Waals surface area contributed by atoms with Gasteiger partial charge >= 0.3 is 0 Å². The van der Waals surface area contributed by atoms with Crippen LogP contribution in [0.4, 0.5) is 11.4 Å². The van der Waals surface area contributed by atoms with E-state index in [1.807, 2.05) is 43.0 Å². The van der Waals surface area contributed by atoms with Crippen LogP contribution in [0.2, 0.25) is 0 Å². The number of nitrogen functional groups attached to an aromatic ring is 1. The van der Waals surface area contributed by atoms with Gasteiger partial charge in [0.25, 0.3) is 0 Å². The highest BCUT2D eigenvalue weighted by Crippen LogP contribution is 2.21. The highest BCUT2D eigenvalue weighted by Gasteiger charge is 2.11. The van der Waals surface area contributed by atoms with Crippen LogP contribution in [0, 0.1) is 0 Å². The number of nitrogens with one attached hydrogen (secondary N) is 1. The third kappa shape index (κ3) is 3.98. The van der Waals surface area contributed by atoms with Crippen LogP contribution >= 0.6 is 0 Å². The normalized spacial score (nSPS) is 10.0. The van der Waals surface area contributed by atoms with E-state index in [-0.39, 0.29) is 5.91 Å². The molecule has 0 radical (unpaired) electrons. The Kier molecular flexibility index (Phi) is 5.33. The minimum atomic E-state index is 0.0388. The first-order chi connectivity index (χ1) is 8.19. The molecule has 94 valence electrons. The van der Waals surface area contributed by atoms with E-state index in [4.69, 9.17) is 5.73 Å². The average molecular weight is 235 g/mol. The van der Waals surface area contributed by atoms with Crippen LogP contribution in [0.25, 0.3) is 0 Å². The van der Waals surface area contributed by atoms with Crippen LogP contribution in [0.1, 0.15) is 20.3 Å². The Morgan fingerprint density at radius 3 is 2.65 bits per heavy atom. The third-order valence-electron chi connectivity index (χ3n) is 2.57. The van der Waals surface area contributed by atoms with Crippen molar-refractivity contribution in [2.24, 2.45) is 0 Å². The fourth-order valence-electron chi connectivity index (χ4n) is 1.64. The van der Waals surface area contributed by atoms with Crippen LogP contribution in [0.15, 0.2) is 24.3 Å². The zero-order valence-electron chi connectivity index (χ0n) is 10.6. The fourth-order valence-corrected chi connectivity index (χ4v) is 1.64. The molecular weight excluding hydrogens is 214 g/mol. The number of likely N-dealkylation sites (N-methyl/N-ethyl adjacent to an activating group) is 1. The van der Waals surface area contributed by atoms with E-state index in [2.05, 4.69) is 5.32 Å². The highest BCUT2D eigenvalue weighted by atomic mass is 16.2. The van der Waals surface area contributed by atoms with Crippen molar-refractivity contribution in [3.05, 3.63) is 24.3 Å². The standard InChI is InChI=1S/C13H21N3O/c1-3-9-15-13(17)10-16(4-2)12-8-6-5-7-11(12)14/h5-8H,3-4,9-10,14H2,1-2H3,(H,15,17). The maximum Gasteiger partial charge on any atom is 0.239 e. The quantitative estimate of drug-likeness (QED) is 0.737. The number of hydrogen-bond acceptors (Lipinski definition) is 3. The molecule has 0 unspecified atom stereocenters. The van der Waals surface area contributed by atoms with Gasteiger partial charge in [-0.25, -0.2) is 0 Å². The van der Waals surface area contributed by atoms with Crippen molar-refractivity contribution in [2.45, 2.75) is 20.3 Å². The Labute approximate surface area is 103 Å². The minimum Gasteiger partial charge on any atom is -0.397 e. The van der Waals surface area contributed by atoms with E-state index < -0.39 is 0 Å². The molecule has 0 heterocycles. The summed E-state index contributed by atoms with van der Waals surface area (Å²) in [6, 6.07) is 7.61. The first-order valence-corrected chi connectivity index (χ1v) is 6.05. The smallest absolute Gasteiger partial charge is 0.239 e. The van der Waals surface area contributed by atoms with Crippen molar-refractivity contribution in [1.82, 2.24) is 5.32 Å². The summed E-state index contributed by atoms with van der Waals surface area (Å²) in [5.41, 5.74) is 7.52. The molecule has 1 rings (SSSR count). The van der Waals surface area contributed by atoms with Gasteiger partial charge in [-0.3, -0.25) is 4.79 Å². The second kappa shape index (κ2) is 6.78. The molecule has 1 aromatic carbocycles. The molecule has 0 aliphatic rings. The summed E-state index contributed by atoms with van der Waals surface area (Å²) in [6.07, 6.45) is 0.950. The molecule has 4 heteroatoms. The summed E-state index contributed by atoms with van der Waals surface area (Å²) < 4.78 is 0. The zero-order valence-corrected chi connectivity index (χ0v) is 10.6. The first kappa shape index (κ1) is 13.4.